The number of nitrogens with one attached hydrogen (secondary N) is 2. The number of hydrogen-bond donors (Lipinski definition) is 2. The van der Waals surface area contributed by atoms with Crippen molar-refractivity contribution in [2.24, 2.45) is 5.92 Å². The number of rotatable bonds is 4. The van der Waals surface area contributed by atoms with E-state index in [-0.39, 0.29) is 17.7 Å². The summed E-state index contributed by atoms with van der Waals surface area (Å²) in [4.78, 5) is 34.5. The summed E-state index contributed by atoms with van der Waals surface area (Å²) in [6.07, 6.45) is 3.02. The van der Waals surface area contributed by atoms with Gasteiger partial charge in [0.05, 0.1) is 0 Å². The molecule has 4 rings (SSSR count). The van der Waals surface area contributed by atoms with Gasteiger partial charge in [-0.25, -0.2) is 4.98 Å². The Balaban J connectivity index is 1.37. The van der Waals surface area contributed by atoms with Crippen LogP contribution in [0, 0.1) is 12.8 Å². The quantitative estimate of drug-likeness (QED) is 0.704. The zero-order valence-electron chi connectivity index (χ0n) is 16.4. The van der Waals surface area contributed by atoms with Crippen LogP contribution in [0.2, 0.25) is 0 Å². The highest BCUT2D eigenvalue weighted by Gasteiger charge is 2.26. The molecule has 0 spiro atoms. The molecule has 1 saturated heterocycles. The number of nitrogens with zero attached hydrogens (tertiary/aromatic N) is 5. The zero-order chi connectivity index (χ0) is 20.4. The van der Waals surface area contributed by atoms with Crippen molar-refractivity contribution < 1.29 is 9.59 Å². The summed E-state index contributed by atoms with van der Waals surface area (Å²) in [7, 11) is 0. The molecule has 0 atom stereocenters. The van der Waals surface area contributed by atoms with E-state index in [1.165, 1.54) is 13.3 Å². The summed E-state index contributed by atoms with van der Waals surface area (Å²) >= 11 is 0. The summed E-state index contributed by atoms with van der Waals surface area (Å²) in [6, 6.07) is 9.13. The van der Waals surface area contributed by atoms with Gasteiger partial charge in [-0.05, 0) is 44.0 Å². The molecule has 29 heavy (non-hydrogen) atoms. The molecule has 3 aromatic rings. The highest BCUT2D eigenvalue weighted by Crippen LogP contribution is 2.25. The Labute approximate surface area is 168 Å². The van der Waals surface area contributed by atoms with Crippen LogP contribution < -0.4 is 15.5 Å². The van der Waals surface area contributed by atoms with E-state index < -0.39 is 0 Å². The van der Waals surface area contributed by atoms with E-state index in [0.717, 1.165) is 43.1 Å². The monoisotopic (exact) mass is 393 g/mol. The Morgan fingerprint density at radius 1 is 1.07 bits per heavy atom. The van der Waals surface area contributed by atoms with E-state index in [0.29, 0.717) is 11.5 Å². The smallest absolute Gasteiger partial charge is 0.254 e. The lowest BCUT2D eigenvalue weighted by Crippen LogP contribution is -2.39. The third kappa shape index (κ3) is 4.18. The van der Waals surface area contributed by atoms with Crippen molar-refractivity contribution in [1.29, 1.82) is 0 Å². The van der Waals surface area contributed by atoms with E-state index in [9.17, 15) is 9.59 Å². The minimum atomic E-state index is -0.124. The largest absolute Gasteiger partial charge is 0.356 e. The first-order chi connectivity index (χ1) is 14.0. The summed E-state index contributed by atoms with van der Waals surface area (Å²) in [5.41, 5.74) is 2.32. The minimum absolute atomic E-state index is 0.0220. The van der Waals surface area contributed by atoms with Crippen molar-refractivity contribution >= 4 is 34.8 Å². The van der Waals surface area contributed by atoms with Gasteiger partial charge in [-0.2, -0.15) is 14.6 Å². The molecule has 150 valence electrons. The highest BCUT2D eigenvalue weighted by atomic mass is 16.2. The molecule has 9 nitrogen and oxygen atoms in total. The van der Waals surface area contributed by atoms with Gasteiger partial charge in [0.15, 0.2) is 0 Å². The standard InChI is InChI=1S/C20H23N7O2/c1-13-11-18(27-20(23-13)21-12-22-27)26-9-7-15(8-10-26)19(29)25-17-5-3-16(4-6-17)24-14(2)28/h3-6,11-12,15H,7-10H2,1-2H3,(H,24,28)(H,25,29). The Bertz CT molecular complexity index is 1040. The lowest BCUT2D eigenvalue weighted by Gasteiger charge is -2.32. The van der Waals surface area contributed by atoms with Gasteiger partial charge < -0.3 is 15.5 Å². The molecule has 1 aliphatic heterocycles. The number of hydrogen-bond acceptors (Lipinski definition) is 6. The second-order valence-electron chi connectivity index (χ2n) is 7.24. The van der Waals surface area contributed by atoms with Gasteiger partial charge in [0.1, 0.15) is 12.1 Å². The van der Waals surface area contributed by atoms with E-state index in [1.807, 2.05) is 13.0 Å². The maximum atomic E-state index is 12.7. The molecule has 0 aliphatic carbocycles. The summed E-state index contributed by atoms with van der Waals surface area (Å²) in [5.74, 6) is 1.39. The first-order valence-corrected chi connectivity index (χ1v) is 9.60. The van der Waals surface area contributed by atoms with Crippen LogP contribution in [-0.2, 0) is 9.59 Å². The number of benzene rings is 1. The molecule has 1 aromatic carbocycles. The molecule has 0 saturated carbocycles. The summed E-state index contributed by atoms with van der Waals surface area (Å²) in [6.45, 7) is 4.93. The third-order valence-electron chi connectivity index (χ3n) is 5.02. The van der Waals surface area contributed by atoms with Gasteiger partial charge in [-0.15, -0.1) is 0 Å². The molecule has 2 aromatic heterocycles. The van der Waals surface area contributed by atoms with Gasteiger partial charge >= 0.3 is 0 Å². The number of carbonyl (C=O) groups excluding carboxylic acids is 2. The van der Waals surface area contributed by atoms with Crippen LogP contribution in [0.4, 0.5) is 17.2 Å². The number of aromatic nitrogens is 4. The Morgan fingerprint density at radius 2 is 1.72 bits per heavy atom. The third-order valence-corrected chi connectivity index (χ3v) is 5.02. The number of aryl methyl sites for hydroxylation is 1. The van der Waals surface area contributed by atoms with E-state index in [1.54, 1.807) is 28.8 Å². The predicted octanol–water partition coefficient (Wildman–Crippen LogP) is 2.25. The molecule has 1 fully saturated rings. The van der Waals surface area contributed by atoms with E-state index in [4.69, 9.17) is 0 Å². The van der Waals surface area contributed by atoms with Gasteiger partial charge in [-0.3, -0.25) is 9.59 Å². The second-order valence-corrected chi connectivity index (χ2v) is 7.24. The van der Waals surface area contributed by atoms with E-state index in [2.05, 4.69) is 30.6 Å². The SMILES string of the molecule is CC(=O)Nc1ccc(NC(=O)C2CCN(c3cc(C)nc4ncnn34)CC2)cc1. The number of anilines is 3. The van der Waals surface area contributed by atoms with Crippen molar-refractivity contribution in [1.82, 2.24) is 19.6 Å². The average molecular weight is 393 g/mol. The molecule has 1 aliphatic rings. The minimum Gasteiger partial charge on any atom is -0.356 e. The lowest BCUT2D eigenvalue weighted by molar-refractivity contribution is -0.120. The Kier molecular flexibility index (Phi) is 5.11. The van der Waals surface area contributed by atoms with Gasteiger partial charge in [0, 0.05) is 49.1 Å². The fraction of sp³-hybridized carbons (Fsp3) is 0.350. The van der Waals surface area contributed by atoms with Gasteiger partial charge in [0.2, 0.25) is 11.8 Å². The van der Waals surface area contributed by atoms with Gasteiger partial charge in [-0.1, -0.05) is 0 Å². The molecule has 0 bridgehead atoms. The van der Waals surface area contributed by atoms with Crippen molar-refractivity contribution in [3.05, 3.63) is 42.4 Å². The summed E-state index contributed by atoms with van der Waals surface area (Å²) in [5, 5.41) is 9.95. The van der Waals surface area contributed by atoms with Crippen molar-refractivity contribution in [3.8, 4) is 0 Å². The summed E-state index contributed by atoms with van der Waals surface area (Å²) < 4.78 is 1.74. The van der Waals surface area contributed by atoms with Crippen LogP contribution in [0.25, 0.3) is 5.78 Å². The first kappa shape index (κ1) is 18.9. The highest BCUT2D eigenvalue weighted by molar-refractivity contribution is 5.93. The number of fused-ring (bicyclic) bond motifs is 1. The van der Waals surface area contributed by atoms with Crippen LogP contribution >= 0.6 is 0 Å². The molecule has 0 unspecified atom stereocenters. The van der Waals surface area contributed by atoms with Crippen LogP contribution in [0.1, 0.15) is 25.5 Å². The van der Waals surface area contributed by atoms with Crippen molar-refractivity contribution in [2.45, 2.75) is 26.7 Å². The fourth-order valence-corrected chi connectivity index (χ4v) is 3.59. The Hall–Kier alpha value is -3.49. The predicted molar refractivity (Wildman–Crippen MR) is 110 cm³/mol. The lowest BCUT2D eigenvalue weighted by atomic mass is 9.95. The Morgan fingerprint density at radius 3 is 2.38 bits per heavy atom. The molecule has 0 radical (unpaired) electrons. The maximum absolute atomic E-state index is 12.7. The van der Waals surface area contributed by atoms with Crippen molar-refractivity contribution in [2.75, 3.05) is 28.6 Å². The van der Waals surface area contributed by atoms with Gasteiger partial charge in [0.25, 0.3) is 5.78 Å². The molecular weight excluding hydrogens is 370 g/mol. The maximum Gasteiger partial charge on any atom is 0.254 e. The van der Waals surface area contributed by atoms with Crippen LogP contribution in [0.15, 0.2) is 36.7 Å². The fourth-order valence-electron chi connectivity index (χ4n) is 3.59. The molecule has 9 heteroatoms. The van der Waals surface area contributed by atoms with Crippen LogP contribution in [-0.4, -0.2) is 44.5 Å². The molecule has 2 amide bonds. The molecule has 3 heterocycles. The normalized spacial score (nSPS) is 14.8. The molecule has 2 N–H and O–H groups in total. The van der Waals surface area contributed by atoms with Crippen LogP contribution in [0.5, 0.6) is 0 Å². The number of carbonyl (C=O) groups is 2. The van der Waals surface area contributed by atoms with Crippen LogP contribution in [0.3, 0.4) is 0 Å². The number of amides is 2. The number of piperidine rings is 1. The molecular formula is C20H23N7O2. The topological polar surface area (TPSA) is 105 Å². The first-order valence-electron chi connectivity index (χ1n) is 9.60. The van der Waals surface area contributed by atoms with E-state index >= 15 is 0 Å². The second kappa shape index (κ2) is 7.86. The zero-order valence-corrected chi connectivity index (χ0v) is 16.4. The average Bonchev–Trinajstić information content (AvgIpc) is 3.17. The van der Waals surface area contributed by atoms with Crippen molar-refractivity contribution in [3.63, 3.8) is 0 Å².